The van der Waals surface area contributed by atoms with Crippen LogP contribution in [0.5, 0.6) is 0 Å². The summed E-state index contributed by atoms with van der Waals surface area (Å²) < 4.78 is 0. The van der Waals surface area contributed by atoms with Gasteiger partial charge in [-0.1, -0.05) is 24.3 Å². The second kappa shape index (κ2) is 6.89. The van der Waals surface area contributed by atoms with Crippen LogP contribution in [-0.2, 0) is 11.2 Å². The average Bonchev–Trinajstić information content (AvgIpc) is 2.46. The third kappa shape index (κ3) is 3.83. The zero-order chi connectivity index (χ0) is 14.5. The van der Waals surface area contributed by atoms with Crippen molar-refractivity contribution in [2.75, 3.05) is 34.2 Å². The summed E-state index contributed by atoms with van der Waals surface area (Å²) in [4.78, 5) is 15.8. The van der Waals surface area contributed by atoms with E-state index in [0.29, 0.717) is 12.3 Å². The predicted molar refractivity (Wildman–Crippen MR) is 82.9 cm³/mol. The molecule has 0 bridgehead atoms. The average molecular weight is 274 g/mol. The molecule has 110 valence electrons. The number of rotatable bonds is 4. The molecule has 1 aliphatic heterocycles. The largest absolute Gasteiger partial charge is 0.349 e. The van der Waals surface area contributed by atoms with Crippen molar-refractivity contribution in [1.82, 2.24) is 9.80 Å². The Kier molecular flexibility index (Phi) is 5.18. The summed E-state index contributed by atoms with van der Waals surface area (Å²) >= 11 is 0. The lowest BCUT2D eigenvalue weighted by molar-refractivity contribution is -0.128. The Hall–Kier alpha value is -1.35. The van der Waals surface area contributed by atoms with Gasteiger partial charge in [0.25, 0.3) is 0 Å². The Morgan fingerprint density at radius 3 is 2.55 bits per heavy atom. The van der Waals surface area contributed by atoms with Crippen LogP contribution >= 0.6 is 0 Å². The topological polar surface area (TPSA) is 23.6 Å². The molecule has 1 fully saturated rings. The van der Waals surface area contributed by atoms with Crippen molar-refractivity contribution in [3.05, 3.63) is 35.4 Å². The molecule has 1 aromatic rings. The second-order valence-electron chi connectivity index (χ2n) is 6.06. The highest BCUT2D eigenvalue weighted by Gasteiger charge is 2.20. The number of piperidine rings is 1. The number of carbonyl (C=O) groups excluding carboxylic acids is 1. The molecule has 0 radical (unpaired) electrons. The second-order valence-corrected chi connectivity index (χ2v) is 6.06. The van der Waals surface area contributed by atoms with Crippen LogP contribution in [0, 0.1) is 0 Å². The maximum Gasteiger partial charge on any atom is 0.222 e. The standard InChI is InChI=1S/C17H26N2O/c1-18(2)17(20)9-8-14-6-4-5-7-16(14)15-10-12-19(3)13-11-15/h4-7,15H,8-13H2,1-3H3. The summed E-state index contributed by atoms with van der Waals surface area (Å²) in [6.45, 7) is 2.35. The number of hydrogen-bond acceptors (Lipinski definition) is 2. The molecule has 0 saturated carbocycles. The molecule has 1 saturated heterocycles. The van der Waals surface area contributed by atoms with E-state index in [4.69, 9.17) is 0 Å². The summed E-state index contributed by atoms with van der Waals surface area (Å²) in [6, 6.07) is 8.67. The van der Waals surface area contributed by atoms with Gasteiger partial charge in [-0.25, -0.2) is 0 Å². The summed E-state index contributed by atoms with van der Waals surface area (Å²) in [5, 5.41) is 0. The number of hydrogen-bond donors (Lipinski definition) is 0. The molecule has 1 aliphatic rings. The van der Waals surface area contributed by atoms with E-state index in [9.17, 15) is 4.79 Å². The van der Waals surface area contributed by atoms with Crippen LogP contribution in [0.2, 0.25) is 0 Å². The van der Waals surface area contributed by atoms with E-state index in [0.717, 1.165) is 6.42 Å². The lowest BCUT2D eigenvalue weighted by Gasteiger charge is -2.30. The molecule has 20 heavy (non-hydrogen) atoms. The highest BCUT2D eigenvalue weighted by atomic mass is 16.2. The molecule has 1 aromatic carbocycles. The van der Waals surface area contributed by atoms with Crippen molar-refractivity contribution in [2.24, 2.45) is 0 Å². The van der Waals surface area contributed by atoms with Gasteiger partial charge in [-0.3, -0.25) is 4.79 Å². The van der Waals surface area contributed by atoms with E-state index >= 15 is 0 Å². The third-order valence-electron chi connectivity index (χ3n) is 4.32. The highest BCUT2D eigenvalue weighted by Crippen LogP contribution is 2.30. The lowest BCUT2D eigenvalue weighted by Crippen LogP contribution is -2.29. The normalized spacial score (nSPS) is 17.1. The van der Waals surface area contributed by atoms with Gasteiger partial charge < -0.3 is 9.80 Å². The van der Waals surface area contributed by atoms with Crippen LogP contribution in [0.1, 0.15) is 36.3 Å². The first-order valence-corrected chi connectivity index (χ1v) is 7.54. The van der Waals surface area contributed by atoms with E-state index in [2.05, 4.69) is 36.2 Å². The van der Waals surface area contributed by atoms with Crippen molar-refractivity contribution < 1.29 is 4.79 Å². The molecule has 2 rings (SSSR count). The first kappa shape index (κ1) is 15.0. The molecule has 0 atom stereocenters. The monoisotopic (exact) mass is 274 g/mol. The Morgan fingerprint density at radius 1 is 1.25 bits per heavy atom. The third-order valence-corrected chi connectivity index (χ3v) is 4.32. The molecule has 0 aromatic heterocycles. The fourth-order valence-electron chi connectivity index (χ4n) is 2.94. The van der Waals surface area contributed by atoms with E-state index in [1.165, 1.54) is 37.1 Å². The van der Waals surface area contributed by atoms with Gasteiger partial charge in [0.15, 0.2) is 0 Å². The van der Waals surface area contributed by atoms with Crippen molar-refractivity contribution in [2.45, 2.75) is 31.6 Å². The van der Waals surface area contributed by atoms with E-state index in [-0.39, 0.29) is 5.91 Å². The number of aryl methyl sites for hydroxylation is 1. The number of nitrogens with zero attached hydrogens (tertiary/aromatic N) is 2. The number of likely N-dealkylation sites (tertiary alicyclic amines) is 1. The van der Waals surface area contributed by atoms with Crippen molar-refractivity contribution in [1.29, 1.82) is 0 Å². The predicted octanol–water partition coefficient (Wildman–Crippen LogP) is 2.52. The number of benzene rings is 1. The van der Waals surface area contributed by atoms with Crippen LogP contribution in [0.3, 0.4) is 0 Å². The maximum atomic E-state index is 11.8. The highest BCUT2D eigenvalue weighted by molar-refractivity contribution is 5.75. The summed E-state index contributed by atoms with van der Waals surface area (Å²) in [6.07, 6.45) is 3.93. The van der Waals surface area contributed by atoms with Crippen LogP contribution < -0.4 is 0 Å². The molecule has 3 nitrogen and oxygen atoms in total. The SMILES string of the molecule is CN1CCC(c2ccccc2CCC(=O)N(C)C)CC1. The minimum atomic E-state index is 0.211. The minimum Gasteiger partial charge on any atom is -0.349 e. The van der Waals surface area contributed by atoms with Gasteiger partial charge in [0.1, 0.15) is 0 Å². The van der Waals surface area contributed by atoms with Gasteiger partial charge in [0.2, 0.25) is 5.91 Å². The molecule has 0 aliphatic carbocycles. The first-order chi connectivity index (χ1) is 9.58. The Morgan fingerprint density at radius 2 is 1.90 bits per heavy atom. The Bertz CT molecular complexity index is 448. The smallest absolute Gasteiger partial charge is 0.222 e. The molecule has 0 spiro atoms. The number of amides is 1. The molecule has 3 heteroatoms. The molecule has 0 unspecified atom stereocenters. The van der Waals surface area contributed by atoms with E-state index in [1.807, 2.05) is 14.1 Å². The summed E-state index contributed by atoms with van der Waals surface area (Å²) in [7, 11) is 5.84. The molecular formula is C17H26N2O. The molecular weight excluding hydrogens is 248 g/mol. The zero-order valence-electron chi connectivity index (χ0n) is 12.9. The van der Waals surface area contributed by atoms with Gasteiger partial charge in [-0.2, -0.15) is 0 Å². The van der Waals surface area contributed by atoms with Gasteiger partial charge in [0.05, 0.1) is 0 Å². The van der Waals surface area contributed by atoms with Gasteiger partial charge in [-0.15, -0.1) is 0 Å². The summed E-state index contributed by atoms with van der Waals surface area (Å²) in [5.74, 6) is 0.875. The molecule has 0 N–H and O–H groups in total. The lowest BCUT2D eigenvalue weighted by atomic mass is 9.85. The first-order valence-electron chi connectivity index (χ1n) is 7.54. The fraction of sp³-hybridized carbons (Fsp3) is 0.588. The Labute approximate surface area is 122 Å². The van der Waals surface area contributed by atoms with Crippen molar-refractivity contribution in [3.63, 3.8) is 0 Å². The number of carbonyl (C=O) groups is 1. The van der Waals surface area contributed by atoms with Crippen LogP contribution in [0.4, 0.5) is 0 Å². The van der Waals surface area contributed by atoms with Crippen LogP contribution in [0.25, 0.3) is 0 Å². The zero-order valence-corrected chi connectivity index (χ0v) is 12.9. The molecule has 1 heterocycles. The van der Waals surface area contributed by atoms with Gasteiger partial charge in [-0.05, 0) is 56.4 Å². The van der Waals surface area contributed by atoms with E-state index in [1.54, 1.807) is 4.90 Å². The minimum absolute atomic E-state index is 0.211. The van der Waals surface area contributed by atoms with Gasteiger partial charge in [0, 0.05) is 20.5 Å². The van der Waals surface area contributed by atoms with Gasteiger partial charge >= 0.3 is 0 Å². The fourth-order valence-corrected chi connectivity index (χ4v) is 2.94. The Balaban J connectivity index is 2.04. The van der Waals surface area contributed by atoms with E-state index < -0.39 is 0 Å². The van der Waals surface area contributed by atoms with Crippen molar-refractivity contribution >= 4 is 5.91 Å². The maximum absolute atomic E-state index is 11.8. The quantitative estimate of drug-likeness (QED) is 0.842. The van der Waals surface area contributed by atoms with Crippen LogP contribution in [0.15, 0.2) is 24.3 Å². The van der Waals surface area contributed by atoms with Crippen molar-refractivity contribution in [3.8, 4) is 0 Å². The molecule has 1 amide bonds. The van der Waals surface area contributed by atoms with Crippen LogP contribution in [-0.4, -0.2) is 49.9 Å². The summed E-state index contributed by atoms with van der Waals surface area (Å²) in [5.41, 5.74) is 2.82.